The second-order valence-corrected chi connectivity index (χ2v) is 6.37. The molecule has 1 unspecified atom stereocenters. The van der Waals surface area contributed by atoms with E-state index in [2.05, 4.69) is 15.6 Å². The highest BCUT2D eigenvalue weighted by atomic mass is 16.2. The Morgan fingerprint density at radius 2 is 1.70 bits per heavy atom. The van der Waals surface area contributed by atoms with Gasteiger partial charge >= 0.3 is 6.03 Å². The Labute approximate surface area is 158 Å². The van der Waals surface area contributed by atoms with Crippen LogP contribution in [0.2, 0.25) is 0 Å². The molecule has 1 atom stereocenters. The van der Waals surface area contributed by atoms with Gasteiger partial charge in [0.2, 0.25) is 0 Å². The zero-order chi connectivity index (χ0) is 19.2. The number of rotatable bonds is 5. The van der Waals surface area contributed by atoms with Crippen molar-refractivity contribution in [1.29, 1.82) is 0 Å². The third-order valence-electron chi connectivity index (χ3n) is 4.29. The number of urea groups is 1. The molecular formula is C22H21N3O2. The number of hydrogen-bond acceptors (Lipinski definition) is 3. The standard InChI is InChI=1S/C22H21N3O2/c1-15-13-20(11-12-23-15)19-7-9-21(10-8-19)25-22(27)24-16(2)18-5-3-17(14-26)4-6-18/h3-14,16H,1-2H3,(H2,24,25,27). The van der Waals surface area contributed by atoms with E-state index in [9.17, 15) is 9.59 Å². The van der Waals surface area contributed by atoms with E-state index in [4.69, 9.17) is 0 Å². The van der Waals surface area contributed by atoms with Gasteiger partial charge in [-0.15, -0.1) is 0 Å². The first-order valence-corrected chi connectivity index (χ1v) is 8.71. The number of aryl methyl sites for hydroxylation is 1. The van der Waals surface area contributed by atoms with Crippen LogP contribution in [-0.4, -0.2) is 17.3 Å². The molecule has 27 heavy (non-hydrogen) atoms. The van der Waals surface area contributed by atoms with Gasteiger partial charge in [0.25, 0.3) is 0 Å². The smallest absolute Gasteiger partial charge is 0.319 e. The highest BCUT2D eigenvalue weighted by molar-refractivity contribution is 5.89. The summed E-state index contributed by atoms with van der Waals surface area (Å²) in [5, 5.41) is 5.73. The maximum absolute atomic E-state index is 12.2. The number of amides is 2. The number of hydrogen-bond donors (Lipinski definition) is 2. The minimum atomic E-state index is -0.283. The van der Waals surface area contributed by atoms with Gasteiger partial charge in [-0.2, -0.15) is 0 Å². The number of anilines is 1. The van der Waals surface area contributed by atoms with E-state index in [-0.39, 0.29) is 12.1 Å². The SMILES string of the molecule is Cc1cc(-c2ccc(NC(=O)NC(C)c3ccc(C=O)cc3)cc2)ccn1. The molecule has 0 aliphatic carbocycles. The van der Waals surface area contributed by atoms with Gasteiger partial charge in [0.1, 0.15) is 6.29 Å². The van der Waals surface area contributed by atoms with Crippen molar-refractivity contribution in [2.75, 3.05) is 5.32 Å². The number of carbonyl (C=O) groups excluding carboxylic acids is 2. The Morgan fingerprint density at radius 1 is 1.00 bits per heavy atom. The molecule has 136 valence electrons. The van der Waals surface area contributed by atoms with Gasteiger partial charge in [-0.3, -0.25) is 9.78 Å². The molecular weight excluding hydrogens is 338 g/mol. The van der Waals surface area contributed by atoms with Crippen LogP contribution in [0.5, 0.6) is 0 Å². The normalized spacial score (nSPS) is 11.5. The van der Waals surface area contributed by atoms with E-state index in [1.54, 1.807) is 18.3 Å². The number of nitrogens with zero attached hydrogens (tertiary/aromatic N) is 1. The van der Waals surface area contributed by atoms with Gasteiger partial charge in [0.15, 0.2) is 0 Å². The van der Waals surface area contributed by atoms with Crippen LogP contribution in [0.4, 0.5) is 10.5 Å². The molecule has 0 bridgehead atoms. The largest absolute Gasteiger partial charge is 0.331 e. The topological polar surface area (TPSA) is 71.1 Å². The van der Waals surface area contributed by atoms with Crippen molar-refractivity contribution in [2.24, 2.45) is 0 Å². The molecule has 3 aromatic rings. The zero-order valence-corrected chi connectivity index (χ0v) is 15.3. The third-order valence-corrected chi connectivity index (χ3v) is 4.29. The molecule has 0 aliphatic heterocycles. The third kappa shape index (κ3) is 4.79. The number of aromatic nitrogens is 1. The van der Waals surface area contributed by atoms with Crippen LogP contribution >= 0.6 is 0 Å². The predicted octanol–water partition coefficient (Wildman–Crippen LogP) is 4.75. The lowest BCUT2D eigenvalue weighted by Crippen LogP contribution is -2.31. The van der Waals surface area contributed by atoms with Crippen molar-refractivity contribution >= 4 is 18.0 Å². The van der Waals surface area contributed by atoms with E-state index in [0.717, 1.165) is 28.7 Å². The summed E-state index contributed by atoms with van der Waals surface area (Å²) < 4.78 is 0. The minimum absolute atomic E-state index is 0.176. The zero-order valence-electron chi connectivity index (χ0n) is 15.3. The molecule has 5 heteroatoms. The number of benzene rings is 2. The summed E-state index contributed by atoms with van der Waals surface area (Å²) in [6.07, 6.45) is 2.58. The Bertz CT molecular complexity index is 935. The molecule has 0 aliphatic rings. The first-order chi connectivity index (χ1) is 13.0. The quantitative estimate of drug-likeness (QED) is 0.646. The molecule has 5 nitrogen and oxygen atoms in total. The van der Waals surface area contributed by atoms with Crippen molar-refractivity contribution < 1.29 is 9.59 Å². The van der Waals surface area contributed by atoms with Crippen LogP contribution in [-0.2, 0) is 0 Å². The number of pyridine rings is 1. The predicted molar refractivity (Wildman–Crippen MR) is 107 cm³/mol. The number of aldehydes is 1. The highest BCUT2D eigenvalue weighted by Gasteiger charge is 2.10. The van der Waals surface area contributed by atoms with Crippen molar-refractivity contribution in [3.63, 3.8) is 0 Å². The van der Waals surface area contributed by atoms with E-state index >= 15 is 0 Å². The lowest BCUT2D eigenvalue weighted by molar-refractivity contribution is 0.112. The number of nitrogens with one attached hydrogen (secondary N) is 2. The van der Waals surface area contributed by atoms with Crippen LogP contribution in [0.25, 0.3) is 11.1 Å². The molecule has 0 radical (unpaired) electrons. The second kappa shape index (κ2) is 8.27. The summed E-state index contributed by atoms with van der Waals surface area (Å²) in [5.74, 6) is 0. The summed E-state index contributed by atoms with van der Waals surface area (Å²) in [4.78, 5) is 27.2. The Kier molecular flexibility index (Phi) is 5.61. The van der Waals surface area contributed by atoms with Gasteiger partial charge in [0, 0.05) is 23.1 Å². The average molecular weight is 359 g/mol. The molecule has 0 saturated heterocycles. The second-order valence-electron chi connectivity index (χ2n) is 6.37. The van der Waals surface area contributed by atoms with Gasteiger partial charge in [-0.1, -0.05) is 36.4 Å². The monoisotopic (exact) mass is 359 g/mol. The van der Waals surface area contributed by atoms with E-state index in [0.29, 0.717) is 11.3 Å². The van der Waals surface area contributed by atoms with Crippen LogP contribution in [0.15, 0.2) is 66.9 Å². The molecule has 3 rings (SSSR count). The van der Waals surface area contributed by atoms with Gasteiger partial charge in [0.05, 0.1) is 6.04 Å². The summed E-state index contributed by atoms with van der Waals surface area (Å²) in [6, 6.07) is 18.3. The van der Waals surface area contributed by atoms with Crippen LogP contribution in [0.1, 0.15) is 34.6 Å². The summed E-state index contributed by atoms with van der Waals surface area (Å²) in [6.45, 7) is 3.85. The molecule has 2 N–H and O–H groups in total. The summed E-state index contributed by atoms with van der Waals surface area (Å²) in [7, 11) is 0. The van der Waals surface area contributed by atoms with Crippen LogP contribution in [0, 0.1) is 6.92 Å². The van der Waals surface area contributed by atoms with Crippen molar-refractivity contribution in [2.45, 2.75) is 19.9 Å². The fraction of sp³-hybridized carbons (Fsp3) is 0.136. The Balaban J connectivity index is 1.61. The van der Waals surface area contributed by atoms with E-state index in [1.807, 2.05) is 62.4 Å². The van der Waals surface area contributed by atoms with Crippen molar-refractivity contribution in [3.05, 3.63) is 83.7 Å². The molecule has 0 spiro atoms. The van der Waals surface area contributed by atoms with Crippen molar-refractivity contribution in [1.82, 2.24) is 10.3 Å². The van der Waals surface area contributed by atoms with Crippen molar-refractivity contribution in [3.8, 4) is 11.1 Å². The highest BCUT2D eigenvalue weighted by Crippen LogP contribution is 2.21. The maximum atomic E-state index is 12.2. The first-order valence-electron chi connectivity index (χ1n) is 8.71. The van der Waals surface area contributed by atoms with Gasteiger partial charge in [-0.25, -0.2) is 4.79 Å². The molecule has 0 saturated carbocycles. The molecule has 2 amide bonds. The lowest BCUT2D eigenvalue weighted by atomic mass is 10.1. The van der Waals surface area contributed by atoms with Crippen LogP contribution < -0.4 is 10.6 Å². The Hall–Kier alpha value is -3.47. The fourth-order valence-corrected chi connectivity index (χ4v) is 2.78. The summed E-state index contributed by atoms with van der Waals surface area (Å²) >= 11 is 0. The van der Waals surface area contributed by atoms with Gasteiger partial charge in [-0.05, 0) is 54.8 Å². The van der Waals surface area contributed by atoms with E-state index < -0.39 is 0 Å². The minimum Gasteiger partial charge on any atom is -0.331 e. The lowest BCUT2D eigenvalue weighted by Gasteiger charge is -2.15. The average Bonchev–Trinajstić information content (AvgIpc) is 2.68. The molecule has 1 heterocycles. The van der Waals surface area contributed by atoms with Crippen LogP contribution in [0.3, 0.4) is 0 Å². The molecule has 1 aromatic heterocycles. The fourth-order valence-electron chi connectivity index (χ4n) is 2.78. The first kappa shape index (κ1) is 18.3. The molecule has 0 fully saturated rings. The van der Waals surface area contributed by atoms with Gasteiger partial charge < -0.3 is 10.6 Å². The Morgan fingerprint density at radius 3 is 2.33 bits per heavy atom. The number of carbonyl (C=O) groups is 2. The molecule has 2 aromatic carbocycles. The summed E-state index contributed by atoms with van der Waals surface area (Å²) in [5.41, 5.74) is 5.37. The van der Waals surface area contributed by atoms with E-state index in [1.165, 1.54) is 0 Å². The maximum Gasteiger partial charge on any atom is 0.319 e.